The molecule has 0 aromatic rings. The molecule has 6 nitrogen and oxygen atoms in total. The Bertz CT molecular complexity index is 197. The van der Waals surface area contributed by atoms with Crippen molar-refractivity contribution in [2.45, 2.75) is 31.5 Å². The lowest BCUT2D eigenvalue weighted by molar-refractivity contribution is -0.196. The highest BCUT2D eigenvalue weighted by atomic mass is 16.5. The third kappa shape index (κ3) is 2.38. The maximum Gasteiger partial charge on any atom is 0.218 e. The van der Waals surface area contributed by atoms with E-state index in [0.717, 1.165) is 0 Å². The van der Waals surface area contributed by atoms with Crippen LogP contribution < -0.4 is 5.32 Å². The van der Waals surface area contributed by atoms with E-state index in [1.807, 2.05) is 0 Å². The molecule has 0 radical (unpaired) electrons. The Morgan fingerprint density at radius 3 is 2.54 bits per heavy atom. The summed E-state index contributed by atoms with van der Waals surface area (Å²) in [7, 11) is 0. The lowest BCUT2D eigenvalue weighted by Crippen LogP contribution is -2.58. The lowest BCUT2D eigenvalue weighted by atomic mass is 10.0. The summed E-state index contributed by atoms with van der Waals surface area (Å²) in [5, 5.41) is 29.9. The fourth-order valence-electron chi connectivity index (χ4n) is 1.13. The van der Waals surface area contributed by atoms with Crippen molar-refractivity contribution in [3.8, 4) is 0 Å². The fraction of sp³-hybridized carbons (Fsp3) is 0.857. The van der Waals surface area contributed by atoms with Gasteiger partial charge in [0.05, 0.1) is 6.61 Å². The Kier molecular flexibility index (Phi) is 3.21. The summed E-state index contributed by atoms with van der Waals surface area (Å²) in [6.07, 6.45) is -4.64. The number of amides is 1. The first kappa shape index (κ1) is 10.4. The topological polar surface area (TPSA) is 99.0 Å². The summed E-state index contributed by atoms with van der Waals surface area (Å²) in [6, 6.07) is 0. The minimum absolute atomic E-state index is 0.108. The first-order chi connectivity index (χ1) is 6.02. The molecule has 0 aromatic carbocycles. The average Bonchev–Trinajstić information content (AvgIpc) is 2.06. The predicted molar refractivity (Wildman–Crippen MR) is 41.6 cm³/mol. The lowest BCUT2D eigenvalue weighted by Gasteiger charge is -2.35. The van der Waals surface area contributed by atoms with E-state index in [4.69, 9.17) is 9.84 Å². The summed E-state index contributed by atoms with van der Waals surface area (Å²) in [4.78, 5) is 10.6. The van der Waals surface area contributed by atoms with Crippen LogP contribution in [0.5, 0.6) is 0 Å². The van der Waals surface area contributed by atoms with Crippen LogP contribution in [0.15, 0.2) is 0 Å². The molecule has 6 heteroatoms. The number of aliphatic hydroxyl groups is 3. The second kappa shape index (κ2) is 4.01. The highest BCUT2D eigenvalue weighted by molar-refractivity contribution is 5.73. The van der Waals surface area contributed by atoms with E-state index >= 15 is 0 Å². The van der Waals surface area contributed by atoms with E-state index in [9.17, 15) is 15.0 Å². The molecule has 0 unspecified atom stereocenters. The SMILES string of the molecule is CC(=O)N[C@@H]1OC[C@@H](O)[C@H](O)[C@H]1O. The van der Waals surface area contributed by atoms with Gasteiger partial charge in [0.2, 0.25) is 5.91 Å². The Hall–Kier alpha value is -0.690. The molecular formula is C7H13NO5. The van der Waals surface area contributed by atoms with Gasteiger partial charge in [0, 0.05) is 6.92 Å². The third-order valence-corrected chi connectivity index (χ3v) is 1.85. The molecule has 0 aromatic heterocycles. The van der Waals surface area contributed by atoms with Crippen molar-refractivity contribution >= 4 is 5.91 Å². The van der Waals surface area contributed by atoms with Gasteiger partial charge in [-0.3, -0.25) is 4.79 Å². The van der Waals surface area contributed by atoms with Gasteiger partial charge in [-0.2, -0.15) is 0 Å². The van der Waals surface area contributed by atoms with Crippen molar-refractivity contribution in [3.63, 3.8) is 0 Å². The molecule has 1 aliphatic rings. The third-order valence-electron chi connectivity index (χ3n) is 1.85. The summed E-state index contributed by atoms with van der Waals surface area (Å²) < 4.78 is 4.89. The smallest absolute Gasteiger partial charge is 0.218 e. The standard InChI is InChI=1S/C7H13NO5/c1-3(9)8-7-6(12)5(11)4(10)2-13-7/h4-7,10-12H,2H2,1H3,(H,8,9)/t4-,5+,6-,7-/m1/s1. The molecule has 0 bridgehead atoms. The van der Waals surface area contributed by atoms with Crippen LogP contribution >= 0.6 is 0 Å². The molecule has 76 valence electrons. The highest BCUT2D eigenvalue weighted by Crippen LogP contribution is 2.13. The molecule has 0 spiro atoms. The van der Waals surface area contributed by atoms with Gasteiger partial charge in [0.15, 0.2) is 6.23 Å². The van der Waals surface area contributed by atoms with Gasteiger partial charge in [-0.05, 0) is 0 Å². The number of carbonyl (C=O) groups is 1. The molecule has 1 rings (SSSR count). The van der Waals surface area contributed by atoms with Crippen LogP contribution in [0.1, 0.15) is 6.92 Å². The van der Waals surface area contributed by atoms with Gasteiger partial charge in [-0.1, -0.05) is 0 Å². The van der Waals surface area contributed by atoms with Crippen LogP contribution in [0.4, 0.5) is 0 Å². The Labute approximate surface area is 75.1 Å². The maximum absolute atomic E-state index is 10.6. The highest BCUT2D eigenvalue weighted by Gasteiger charge is 2.37. The first-order valence-electron chi connectivity index (χ1n) is 3.95. The Morgan fingerprint density at radius 2 is 2.00 bits per heavy atom. The van der Waals surface area contributed by atoms with E-state index in [0.29, 0.717) is 0 Å². The number of nitrogens with one attached hydrogen (secondary N) is 1. The molecule has 0 saturated carbocycles. The van der Waals surface area contributed by atoms with E-state index in [-0.39, 0.29) is 12.5 Å². The second-order valence-electron chi connectivity index (χ2n) is 3.00. The molecule has 1 amide bonds. The number of aliphatic hydroxyl groups excluding tert-OH is 3. The minimum Gasteiger partial charge on any atom is -0.388 e. The molecule has 1 fully saturated rings. The molecule has 1 heterocycles. The van der Waals surface area contributed by atoms with E-state index in [2.05, 4.69) is 5.32 Å². The van der Waals surface area contributed by atoms with Gasteiger partial charge in [0.1, 0.15) is 18.3 Å². The molecule has 4 N–H and O–H groups in total. The van der Waals surface area contributed by atoms with Crippen LogP contribution in [0, 0.1) is 0 Å². The van der Waals surface area contributed by atoms with Crippen molar-refractivity contribution in [1.29, 1.82) is 0 Å². The summed E-state index contributed by atoms with van der Waals surface area (Å²) in [6.45, 7) is 1.16. The molecule has 1 aliphatic heterocycles. The molecule has 1 saturated heterocycles. The van der Waals surface area contributed by atoms with E-state index in [1.165, 1.54) is 6.92 Å². The quantitative estimate of drug-likeness (QED) is 0.369. The van der Waals surface area contributed by atoms with Gasteiger partial charge in [-0.15, -0.1) is 0 Å². The van der Waals surface area contributed by atoms with Gasteiger partial charge in [-0.25, -0.2) is 0 Å². The van der Waals surface area contributed by atoms with Crippen molar-refractivity contribution in [2.24, 2.45) is 0 Å². The van der Waals surface area contributed by atoms with E-state index < -0.39 is 24.5 Å². The molecular weight excluding hydrogens is 178 g/mol. The van der Waals surface area contributed by atoms with Crippen LogP contribution in [0.3, 0.4) is 0 Å². The zero-order chi connectivity index (χ0) is 10.0. The van der Waals surface area contributed by atoms with Crippen molar-refractivity contribution in [3.05, 3.63) is 0 Å². The minimum atomic E-state index is -1.30. The van der Waals surface area contributed by atoms with E-state index in [1.54, 1.807) is 0 Å². The number of carbonyl (C=O) groups excluding carboxylic acids is 1. The Morgan fingerprint density at radius 1 is 1.38 bits per heavy atom. The van der Waals surface area contributed by atoms with Crippen LogP contribution in [-0.4, -0.2) is 52.4 Å². The number of ether oxygens (including phenoxy) is 1. The summed E-state index contributed by atoms with van der Waals surface area (Å²) in [5.74, 6) is -0.368. The summed E-state index contributed by atoms with van der Waals surface area (Å²) in [5.41, 5.74) is 0. The van der Waals surface area contributed by atoms with Gasteiger partial charge < -0.3 is 25.4 Å². The van der Waals surface area contributed by atoms with Crippen molar-refractivity contribution < 1.29 is 24.9 Å². The number of hydrogen-bond acceptors (Lipinski definition) is 5. The fourth-order valence-corrected chi connectivity index (χ4v) is 1.13. The maximum atomic E-state index is 10.6. The predicted octanol–water partition coefficient (Wildman–Crippen LogP) is -2.44. The van der Waals surface area contributed by atoms with Crippen LogP contribution in [0.25, 0.3) is 0 Å². The van der Waals surface area contributed by atoms with Gasteiger partial charge in [0.25, 0.3) is 0 Å². The number of hydrogen-bond donors (Lipinski definition) is 4. The first-order valence-corrected chi connectivity index (χ1v) is 3.95. The average molecular weight is 191 g/mol. The molecule has 0 aliphatic carbocycles. The van der Waals surface area contributed by atoms with Crippen molar-refractivity contribution in [2.75, 3.05) is 6.61 Å². The largest absolute Gasteiger partial charge is 0.388 e. The summed E-state index contributed by atoms with van der Waals surface area (Å²) >= 11 is 0. The zero-order valence-electron chi connectivity index (χ0n) is 7.17. The second-order valence-corrected chi connectivity index (χ2v) is 3.00. The van der Waals surface area contributed by atoms with Crippen molar-refractivity contribution in [1.82, 2.24) is 5.32 Å². The normalized spacial score (nSPS) is 40.0. The molecule has 4 atom stereocenters. The van der Waals surface area contributed by atoms with Crippen LogP contribution in [0.2, 0.25) is 0 Å². The number of rotatable bonds is 1. The monoisotopic (exact) mass is 191 g/mol. The molecule has 13 heavy (non-hydrogen) atoms. The van der Waals surface area contributed by atoms with Crippen LogP contribution in [-0.2, 0) is 9.53 Å². The van der Waals surface area contributed by atoms with Gasteiger partial charge >= 0.3 is 0 Å². The Balaban J connectivity index is 2.53. The zero-order valence-corrected chi connectivity index (χ0v) is 7.17.